The Morgan fingerprint density at radius 2 is 1.88 bits per heavy atom. The van der Waals surface area contributed by atoms with Crippen molar-refractivity contribution >= 4 is 22.4 Å². The minimum absolute atomic E-state index is 0.0106. The van der Waals surface area contributed by atoms with Crippen molar-refractivity contribution in [2.45, 2.75) is 6.10 Å². The lowest BCUT2D eigenvalue weighted by atomic mass is 10.1. The van der Waals surface area contributed by atoms with Gasteiger partial charge >= 0.3 is 5.97 Å². The number of aliphatic carboxylic acids is 1. The van der Waals surface area contributed by atoms with Gasteiger partial charge in [-0.05, 0) is 11.5 Å². The summed E-state index contributed by atoms with van der Waals surface area (Å²) in [5.41, 5.74) is 0.823. The van der Waals surface area contributed by atoms with Crippen LogP contribution in [0.5, 0.6) is 0 Å². The van der Waals surface area contributed by atoms with Crippen molar-refractivity contribution in [1.29, 1.82) is 0 Å². The van der Waals surface area contributed by atoms with Gasteiger partial charge in [-0.25, -0.2) is 4.79 Å². The first-order valence-corrected chi connectivity index (χ1v) is 5.31. The van der Waals surface area contributed by atoms with E-state index in [2.05, 4.69) is 5.32 Å². The quantitative estimate of drug-likeness (QED) is 0.749. The van der Waals surface area contributed by atoms with Crippen LogP contribution in [0.2, 0.25) is 0 Å². The van der Waals surface area contributed by atoms with Gasteiger partial charge in [0.1, 0.15) is 0 Å². The molecule has 17 heavy (non-hydrogen) atoms. The van der Waals surface area contributed by atoms with Crippen LogP contribution in [-0.2, 0) is 4.79 Å². The Balaban J connectivity index is 2.21. The first kappa shape index (κ1) is 11.4. The molecule has 0 bridgehead atoms. The van der Waals surface area contributed by atoms with Crippen LogP contribution in [0, 0.1) is 0 Å². The van der Waals surface area contributed by atoms with Gasteiger partial charge in [-0.1, -0.05) is 36.4 Å². The zero-order valence-corrected chi connectivity index (χ0v) is 9.13. The monoisotopic (exact) mass is 231 g/mol. The number of benzene rings is 2. The number of anilines is 1. The van der Waals surface area contributed by atoms with Gasteiger partial charge in [-0.2, -0.15) is 0 Å². The summed E-state index contributed by atoms with van der Waals surface area (Å²) < 4.78 is 0. The molecular weight excluding hydrogens is 218 g/mol. The van der Waals surface area contributed by atoms with Crippen LogP contribution in [0.3, 0.4) is 0 Å². The lowest BCUT2D eigenvalue weighted by molar-refractivity contribution is -0.145. The second-order valence-electron chi connectivity index (χ2n) is 3.76. The second-order valence-corrected chi connectivity index (χ2v) is 3.76. The Morgan fingerprint density at radius 1 is 1.18 bits per heavy atom. The minimum Gasteiger partial charge on any atom is -0.479 e. The van der Waals surface area contributed by atoms with Gasteiger partial charge in [0.25, 0.3) is 0 Å². The van der Waals surface area contributed by atoms with Crippen LogP contribution in [0.4, 0.5) is 5.69 Å². The van der Waals surface area contributed by atoms with Gasteiger partial charge in [0.15, 0.2) is 6.10 Å². The standard InChI is InChI=1S/C13H13NO3/c15-12(13(16)17)8-14-11-7-3-5-9-4-1-2-6-10(9)11/h1-7,12,14-15H,8H2,(H,16,17). The van der Waals surface area contributed by atoms with Crippen molar-refractivity contribution in [2.24, 2.45) is 0 Å². The molecule has 1 atom stereocenters. The molecule has 3 N–H and O–H groups in total. The molecule has 0 heterocycles. The van der Waals surface area contributed by atoms with Crippen LogP contribution in [0.15, 0.2) is 42.5 Å². The number of hydrogen-bond acceptors (Lipinski definition) is 3. The van der Waals surface area contributed by atoms with E-state index < -0.39 is 12.1 Å². The molecule has 0 fully saturated rings. The Morgan fingerprint density at radius 3 is 2.65 bits per heavy atom. The molecule has 0 aliphatic heterocycles. The molecule has 0 aliphatic rings. The normalized spacial score (nSPS) is 12.3. The highest BCUT2D eigenvalue weighted by atomic mass is 16.4. The fraction of sp³-hybridized carbons (Fsp3) is 0.154. The van der Waals surface area contributed by atoms with Crippen LogP contribution in [0.25, 0.3) is 10.8 Å². The summed E-state index contributed by atoms with van der Waals surface area (Å²) in [6.45, 7) is -0.0106. The maximum absolute atomic E-state index is 10.5. The molecule has 2 aromatic carbocycles. The molecule has 0 radical (unpaired) electrons. The molecule has 2 aromatic rings. The summed E-state index contributed by atoms with van der Waals surface area (Å²) in [7, 11) is 0. The first-order chi connectivity index (χ1) is 8.18. The molecule has 0 saturated heterocycles. The Labute approximate surface area is 98.5 Å². The molecular formula is C13H13NO3. The van der Waals surface area contributed by atoms with Gasteiger partial charge in [0.05, 0.1) is 6.54 Å². The number of carboxylic acid groups (broad SMARTS) is 1. The van der Waals surface area contributed by atoms with Gasteiger partial charge < -0.3 is 15.5 Å². The summed E-state index contributed by atoms with van der Waals surface area (Å²) in [6.07, 6.45) is -1.39. The zero-order chi connectivity index (χ0) is 12.3. The van der Waals surface area contributed by atoms with Crippen LogP contribution >= 0.6 is 0 Å². The van der Waals surface area contributed by atoms with E-state index in [0.717, 1.165) is 16.5 Å². The van der Waals surface area contributed by atoms with E-state index >= 15 is 0 Å². The molecule has 0 amide bonds. The highest BCUT2D eigenvalue weighted by Gasteiger charge is 2.12. The lowest BCUT2D eigenvalue weighted by Gasteiger charge is -2.11. The van der Waals surface area contributed by atoms with E-state index in [1.807, 2.05) is 42.5 Å². The molecule has 0 aromatic heterocycles. The second kappa shape index (κ2) is 4.84. The lowest BCUT2D eigenvalue weighted by Crippen LogP contribution is -2.28. The van der Waals surface area contributed by atoms with Gasteiger partial charge in [0, 0.05) is 11.1 Å². The average molecular weight is 231 g/mol. The third kappa shape index (κ3) is 2.54. The summed E-state index contributed by atoms with van der Waals surface area (Å²) >= 11 is 0. The molecule has 2 rings (SSSR count). The number of nitrogens with one attached hydrogen (secondary N) is 1. The molecule has 0 aliphatic carbocycles. The van der Waals surface area contributed by atoms with Crippen molar-refractivity contribution < 1.29 is 15.0 Å². The van der Waals surface area contributed by atoms with E-state index in [-0.39, 0.29) is 6.54 Å². The number of carbonyl (C=O) groups is 1. The summed E-state index contributed by atoms with van der Waals surface area (Å²) in [6, 6.07) is 13.5. The van der Waals surface area contributed by atoms with E-state index in [1.54, 1.807) is 0 Å². The van der Waals surface area contributed by atoms with E-state index in [9.17, 15) is 9.90 Å². The third-order valence-corrected chi connectivity index (χ3v) is 2.56. The maximum Gasteiger partial charge on any atom is 0.334 e. The maximum atomic E-state index is 10.5. The fourth-order valence-corrected chi connectivity index (χ4v) is 1.67. The minimum atomic E-state index is -1.39. The number of hydrogen-bond donors (Lipinski definition) is 3. The summed E-state index contributed by atoms with van der Waals surface area (Å²) in [5.74, 6) is -1.22. The zero-order valence-electron chi connectivity index (χ0n) is 9.13. The Kier molecular flexibility index (Phi) is 3.25. The topological polar surface area (TPSA) is 69.6 Å². The van der Waals surface area contributed by atoms with Crippen molar-refractivity contribution in [2.75, 3.05) is 11.9 Å². The molecule has 0 saturated carbocycles. The fourth-order valence-electron chi connectivity index (χ4n) is 1.67. The van der Waals surface area contributed by atoms with Crippen LogP contribution in [-0.4, -0.2) is 28.8 Å². The van der Waals surface area contributed by atoms with Crippen LogP contribution < -0.4 is 5.32 Å². The van der Waals surface area contributed by atoms with E-state index in [0.29, 0.717) is 0 Å². The Hall–Kier alpha value is -2.07. The van der Waals surface area contributed by atoms with Gasteiger partial charge in [-0.3, -0.25) is 0 Å². The summed E-state index contributed by atoms with van der Waals surface area (Å²) in [4.78, 5) is 10.5. The number of aliphatic hydroxyl groups excluding tert-OH is 1. The number of rotatable bonds is 4. The Bertz CT molecular complexity index is 534. The molecule has 4 nitrogen and oxygen atoms in total. The van der Waals surface area contributed by atoms with Crippen LogP contribution in [0.1, 0.15) is 0 Å². The molecule has 88 valence electrons. The van der Waals surface area contributed by atoms with Gasteiger partial charge in [0.2, 0.25) is 0 Å². The first-order valence-electron chi connectivity index (χ1n) is 5.31. The average Bonchev–Trinajstić information content (AvgIpc) is 2.35. The largest absolute Gasteiger partial charge is 0.479 e. The highest BCUT2D eigenvalue weighted by molar-refractivity contribution is 5.93. The van der Waals surface area contributed by atoms with Gasteiger partial charge in [-0.15, -0.1) is 0 Å². The molecule has 1 unspecified atom stereocenters. The molecule has 4 heteroatoms. The predicted molar refractivity (Wildman–Crippen MR) is 66.1 cm³/mol. The van der Waals surface area contributed by atoms with Crippen molar-refractivity contribution in [3.05, 3.63) is 42.5 Å². The molecule has 0 spiro atoms. The smallest absolute Gasteiger partial charge is 0.334 e. The highest BCUT2D eigenvalue weighted by Crippen LogP contribution is 2.22. The van der Waals surface area contributed by atoms with Crippen molar-refractivity contribution in [3.63, 3.8) is 0 Å². The third-order valence-electron chi connectivity index (χ3n) is 2.56. The summed E-state index contributed by atoms with van der Waals surface area (Å²) in [5, 5.41) is 22.8. The van der Waals surface area contributed by atoms with E-state index in [1.165, 1.54) is 0 Å². The van der Waals surface area contributed by atoms with Crippen molar-refractivity contribution in [3.8, 4) is 0 Å². The predicted octanol–water partition coefficient (Wildman–Crippen LogP) is 1.70. The SMILES string of the molecule is O=C(O)C(O)CNc1cccc2ccccc12. The number of fused-ring (bicyclic) bond motifs is 1. The number of carboxylic acids is 1. The van der Waals surface area contributed by atoms with E-state index in [4.69, 9.17) is 5.11 Å². The van der Waals surface area contributed by atoms with Crippen molar-refractivity contribution in [1.82, 2.24) is 0 Å². The number of aliphatic hydroxyl groups is 1.